The van der Waals surface area contributed by atoms with Crippen LogP contribution in [0.1, 0.15) is 18.1 Å². The van der Waals surface area contributed by atoms with Crippen molar-refractivity contribution in [1.82, 2.24) is 9.36 Å². The summed E-state index contributed by atoms with van der Waals surface area (Å²) in [4.78, 5) is 16.8. The Kier molecular flexibility index (Phi) is 5.71. The molecule has 0 bridgehead atoms. The number of amides is 1. The minimum atomic E-state index is -0.652. The Labute approximate surface area is 162 Å². The van der Waals surface area contributed by atoms with E-state index < -0.39 is 6.10 Å². The monoisotopic (exact) mass is 383 g/mol. The fourth-order valence-electron chi connectivity index (χ4n) is 2.38. The SMILES string of the molecule is COc1ccc(-c2nsc(NC(=O)[C@H](C)Oc3ccc(C)c(C)c3)n2)cc1. The average molecular weight is 383 g/mol. The van der Waals surface area contributed by atoms with Gasteiger partial charge in [-0.3, -0.25) is 10.1 Å². The first-order valence-corrected chi connectivity index (χ1v) is 9.26. The van der Waals surface area contributed by atoms with Gasteiger partial charge in [0.2, 0.25) is 5.13 Å². The van der Waals surface area contributed by atoms with Gasteiger partial charge in [0.15, 0.2) is 11.9 Å². The molecular formula is C20H21N3O3S. The number of benzene rings is 2. The number of nitrogens with zero attached hydrogens (tertiary/aromatic N) is 2. The van der Waals surface area contributed by atoms with Gasteiger partial charge >= 0.3 is 0 Å². The Morgan fingerprint density at radius 3 is 2.44 bits per heavy atom. The van der Waals surface area contributed by atoms with Gasteiger partial charge in [-0.25, -0.2) is 0 Å². The van der Waals surface area contributed by atoms with Crippen molar-refractivity contribution in [3.8, 4) is 22.9 Å². The van der Waals surface area contributed by atoms with Gasteiger partial charge in [0.25, 0.3) is 5.91 Å². The number of ether oxygens (including phenoxy) is 2. The lowest BCUT2D eigenvalue weighted by Gasteiger charge is -2.14. The molecule has 27 heavy (non-hydrogen) atoms. The van der Waals surface area contributed by atoms with E-state index in [0.717, 1.165) is 28.4 Å². The molecule has 1 atom stereocenters. The summed E-state index contributed by atoms with van der Waals surface area (Å²) in [5.74, 6) is 1.71. The minimum Gasteiger partial charge on any atom is -0.497 e. The first-order chi connectivity index (χ1) is 13.0. The summed E-state index contributed by atoms with van der Waals surface area (Å²) < 4.78 is 15.2. The zero-order valence-corrected chi connectivity index (χ0v) is 16.5. The number of hydrogen-bond acceptors (Lipinski definition) is 6. The molecule has 1 aromatic heterocycles. The zero-order valence-electron chi connectivity index (χ0n) is 15.6. The van der Waals surface area contributed by atoms with Crippen molar-refractivity contribution in [2.24, 2.45) is 0 Å². The van der Waals surface area contributed by atoms with Crippen LogP contribution in [0.2, 0.25) is 0 Å². The number of rotatable bonds is 6. The summed E-state index contributed by atoms with van der Waals surface area (Å²) in [6, 6.07) is 13.2. The smallest absolute Gasteiger partial charge is 0.266 e. The minimum absolute atomic E-state index is 0.273. The fraction of sp³-hybridized carbons (Fsp3) is 0.250. The molecule has 0 aliphatic carbocycles. The Balaban J connectivity index is 1.63. The van der Waals surface area contributed by atoms with E-state index in [1.165, 1.54) is 5.56 Å². The highest BCUT2D eigenvalue weighted by Gasteiger charge is 2.17. The number of carbonyl (C=O) groups is 1. The van der Waals surface area contributed by atoms with Crippen LogP contribution in [-0.2, 0) is 4.79 Å². The summed E-state index contributed by atoms with van der Waals surface area (Å²) in [5, 5.41) is 3.19. The van der Waals surface area contributed by atoms with E-state index >= 15 is 0 Å². The van der Waals surface area contributed by atoms with E-state index in [0.29, 0.717) is 16.7 Å². The maximum Gasteiger partial charge on any atom is 0.266 e. The third-order valence-corrected chi connectivity index (χ3v) is 4.80. The summed E-state index contributed by atoms with van der Waals surface area (Å²) in [6.07, 6.45) is -0.652. The van der Waals surface area contributed by atoms with Gasteiger partial charge in [-0.1, -0.05) is 6.07 Å². The van der Waals surface area contributed by atoms with Gasteiger partial charge in [0, 0.05) is 17.1 Å². The number of carbonyl (C=O) groups excluding carboxylic acids is 1. The molecule has 0 aliphatic rings. The van der Waals surface area contributed by atoms with Crippen LogP contribution in [0.25, 0.3) is 11.4 Å². The number of hydrogen-bond donors (Lipinski definition) is 1. The number of methoxy groups -OCH3 is 1. The number of nitrogens with one attached hydrogen (secondary N) is 1. The molecule has 0 unspecified atom stereocenters. The van der Waals surface area contributed by atoms with E-state index in [4.69, 9.17) is 9.47 Å². The highest BCUT2D eigenvalue weighted by atomic mass is 32.1. The maximum absolute atomic E-state index is 12.4. The molecule has 1 heterocycles. The summed E-state index contributed by atoms with van der Waals surface area (Å²) in [5.41, 5.74) is 3.15. The summed E-state index contributed by atoms with van der Waals surface area (Å²) in [7, 11) is 1.62. The molecule has 0 spiro atoms. The molecule has 0 saturated carbocycles. The van der Waals surface area contributed by atoms with Crippen molar-refractivity contribution in [2.75, 3.05) is 12.4 Å². The normalized spacial score (nSPS) is 11.7. The molecule has 7 heteroatoms. The molecule has 1 amide bonds. The van der Waals surface area contributed by atoms with Crippen LogP contribution >= 0.6 is 11.5 Å². The van der Waals surface area contributed by atoms with Crippen molar-refractivity contribution >= 4 is 22.6 Å². The third-order valence-electron chi connectivity index (χ3n) is 4.16. The van der Waals surface area contributed by atoms with Crippen LogP contribution in [0.5, 0.6) is 11.5 Å². The summed E-state index contributed by atoms with van der Waals surface area (Å²) >= 11 is 1.13. The molecule has 0 saturated heterocycles. The molecule has 1 N–H and O–H groups in total. The van der Waals surface area contributed by atoms with Crippen molar-refractivity contribution < 1.29 is 14.3 Å². The molecule has 140 valence electrons. The Bertz CT molecular complexity index is 938. The maximum atomic E-state index is 12.4. The second kappa shape index (κ2) is 8.18. The second-order valence-electron chi connectivity index (χ2n) is 6.15. The quantitative estimate of drug-likeness (QED) is 0.689. The molecule has 3 aromatic rings. The van der Waals surface area contributed by atoms with Crippen LogP contribution in [0.15, 0.2) is 42.5 Å². The van der Waals surface area contributed by atoms with Gasteiger partial charge in [-0.05, 0) is 68.3 Å². The molecule has 6 nitrogen and oxygen atoms in total. The van der Waals surface area contributed by atoms with Crippen LogP contribution in [0.3, 0.4) is 0 Å². The van der Waals surface area contributed by atoms with E-state index in [1.807, 2.05) is 56.3 Å². The molecule has 2 aromatic carbocycles. The van der Waals surface area contributed by atoms with Gasteiger partial charge < -0.3 is 9.47 Å². The highest BCUT2D eigenvalue weighted by molar-refractivity contribution is 7.10. The van der Waals surface area contributed by atoms with Crippen LogP contribution in [0, 0.1) is 13.8 Å². The lowest BCUT2D eigenvalue weighted by Crippen LogP contribution is -2.30. The number of aryl methyl sites for hydroxylation is 2. The molecule has 0 radical (unpaired) electrons. The third kappa shape index (κ3) is 4.62. The Hall–Kier alpha value is -2.93. The predicted molar refractivity (Wildman–Crippen MR) is 107 cm³/mol. The van der Waals surface area contributed by atoms with Crippen LogP contribution in [0.4, 0.5) is 5.13 Å². The molecule has 0 aliphatic heterocycles. The lowest BCUT2D eigenvalue weighted by atomic mass is 10.1. The number of aromatic nitrogens is 2. The van der Waals surface area contributed by atoms with E-state index in [2.05, 4.69) is 14.7 Å². The van der Waals surface area contributed by atoms with E-state index in [9.17, 15) is 4.79 Å². The predicted octanol–water partition coefficient (Wildman–Crippen LogP) is 4.24. The van der Waals surface area contributed by atoms with Gasteiger partial charge in [-0.15, -0.1) is 0 Å². The van der Waals surface area contributed by atoms with Crippen LogP contribution < -0.4 is 14.8 Å². The van der Waals surface area contributed by atoms with Gasteiger partial charge in [-0.2, -0.15) is 9.36 Å². The van der Waals surface area contributed by atoms with Crippen LogP contribution in [-0.4, -0.2) is 28.5 Å². The number of anilines is 1. The van der Waals surface area contributed by atoms with E-state index in [1.54, 1.807) is 14.0 Å². The van der Waals surface area contributed by atoms with E-state index in [-0.39, 0.29) is 5.91 Å². The van der Waals surface area contributed by atoms with Crippen molar-refractivity contribution in [1.29, 1.82) is 0 Å². The standard InChI is InChI=1S/C20H21N3O3S/c1-12-5-8-17(11-13(12)2)26-14(3)19(24)22-20-21-18(23-27-20)15-6-9-16(25-4)10-7-15/h5-11,14H,1-4H3,(H,21,22,23,24)/t14-/m0/s1. The van der Waals surface area contributed by atoms with Crippen molar-refractivity contribution in [3.63, 3.8) is 0 Å². The topological polar surface area (TPSA) is 73.3 Å². The van der Waals surface area contributed by atoms with Crippen molar-refractivity contribution in [3.05, 3.63) is 53.6 Å². The lowest BCUT2D eigenvalue weighted by molar-refractivity contribution is -0.122. The van der Waals surface area contributed by atoms with Gasteiger partial charge in [0.05, 0.1) is 7.11 Å². The second-order valence-corrected chi connectivity index (χ2v) is 6.90. The first kappa shape index (κ1) is 18.8. The highest BCUT2D eigenvalue weighted by Crippen LogP contribution is 2.24. The van der Waals surface area contributed by atoms with Crippen molar-refractivity contribution in [2.45, 2.75) is 26.9 Å². The Morgan fingerprint density at radius 1 is 1.07 bits per heavy atom. The first-order valence-electron chi connectivity index (χ1n) is 8.49. The zero-order chi connectivity index (χ0) is 19.4. The largest absolute Gasteiger partial charge is 0.497 e. The molecular weight excluding hydrogens is 362 g/mol. The summed E-state index contributed by atoms with van der Waals surface area (Å²) in [6.45, 7) is 5.75. The molecule has 3 rings (SSSR count). The molecule has 0 fully saturated rings. The van der Waals surface area contributed by atoms with Gasteiger partial charge in [0.1, 0.15) is 11.5 Å². The average Bonchev–Trinajstić information content (AvgIpc) is 3.13. The fourth-order valence-corrected chi connectivity index (χ4v) is 2.98. The Morgan fingerprint density at radius 2 is 1.78 bits per heavy atom.